The van der Waals surface area contributed by atoms with Gasteiger partial charge in [-0.3, -0.25) is 9.59 Å². The van der Waals surface area contributed by atoms with Crippen LogP contribution in [0.15, 0.2) is 30.4 Å². The Morgan fingerprint density at radius 2 is 1.90 bits per heavy atom. The Morgan fingerprint density at radius 3 is 2.60 bits per heavy atom. The molecule has 0 spiro atoms. The van der Waals surface area contributed by atoms with Gasteiger partial charge in [-0.2, -0.15) is 0 Å². The second-order valence-corrected chi connectivity index (χ2v) is 5.37. The monoisotopic (exact) mass is 312 g/mol. The molecule has 0 aliphatic heterocycles. The van der Waals surface area contributed by atoms with Crippen LogP contribution < -0.4 is 10.6 Å². The van der Waals surface area contributed by atoms with Crippen molar-refractivity contribution in [1.82, 2.24) is 5.32 Å². The summed E-state index contributed by atoms with van der Waals surface area (Å²) in [6.45, 7) is -0.0851. The molecule has 1 aliphatic carbocycles. The number of amides is 2. The van der Waals surface area contributed by atoms with Crippen molar-refractivity contribution in [3.05, 3.63) is 40.4 Å². The van der Waals surface area contributed by atoms with Gasteiger partial charge < -0.3 is 10.6 Å². The van der Waals surface area contributed by atoms with Crippen molar-refractivity contribution in [1.29, 1.82) is 0 Å². The zero-order valence-electron chi connectivity index (χ0n) is 10.7. The van der Waals surface area contributed by atoms with Crippen LogP contribution in [-0.2, 0) is 9.59 Å². The molecule has 0 aromatic heterocycles. The van der Waals surface area contributed by atoms with Crippen molar-refractivity contribution in [3.8, 4) is 0 Å². The average molecular weight is 313 g/mol. The third-order valence-electron chi connectivity index (χ3n) is 3.00. The summed E-state index contributed by atoms with van der Waals surface area (Å²) >= 11 is 11.8. The van der Waals surface area contributed by atoms with Crippen LogP contribution in [0.25, 0.3) is 0 Å². The molecular weight excluding hydrogens is 299 g/mol. The number of nitrogens with one attached hydrogen (secondary N) is 2. The molecule has 1 aromatic carbocycles. The molecule has 0 radical (unpaired) electrons. The van der Waals surface area contributed by atoms with Crippen LogP contribution in [0.2, 0.25) is 10.0 Å². The molecule has 0 bridgehead atoms. The molecule has 6 heteroatoms. The molecule has 20 heavy (non-hydrogen) atoms. The number of hydrogen-bond acceptors (Lipinski definition) is 2. The number of carbonyl (C=O) groups excluding carboxylic acids is 2. The fraction of sp³-hybridized carbons (Fsp3) is 0.286. The molecular formula is C14H14Cl2N2O2. The van der Waals surface area contributed by atoms with E-state index in [-0.39, 0.29) is 24.3 Å². The Hall–Kier alpha value is -1.52. The minimum Gasteiger partial charge on any atom is -0.347 e. The van der Waals surface area contributed by atoms with E-state index in [1.807, 2.05) is 12.2 Å². The number of rotatable bonds is 4. The van der Waals surface area contributed by atoms with Crippen molar-refractivity contribution in [2.75, 3.05) is 11.9 Å². The van der Waals surface area contributed by atoms with Crippen molar-refractivity contribution >= 4 is 40.7 Å². The van der Waals surface area contributed by atoms with Gasteiger partial charge >= 0.3 is 0 Å². The normalized spacial score (nSPS) is 14.3. The minimum absolute atomic E-state index is 0.0578. The highest BCUT2D eigenvalue weighted by atomic mass is 35.5. The van der Waals surface area contributed by atoms with E-state index in [9.17, 15) is 9.59 Å². The molecule has 2 N–H and O–H groups in total. The molecule has 4 nitrogen and oxygen atoms in total. The van der Waals surface area contributed by atoms with Gasteiger partial charge in [-0.25, -0.2) is 0 Å². The molecule has 0 saturated heterocycles. The second kappa shape index (κ2) is 6.77. The molecule has 0 unspecified atom stereocenters. The zero-order valence-corrected chi connectivity index (χ0v) is 12.2. The smallest absolute Gasteiger partial charge is 0.243 e. The summed E-state index contributed by atoms with van der Waals surface area (Å²) in [5.74, 6) is -0.506. The lowest BCUT2D eigenvalue weighted by Gasteiger charge is -2.11. The van der Waals surface area contributed by atoms with E-state index < -0.39 is 0 Å². The summed E-state index contributed by atoms with van der Waals surface area (Å²) in [5, 5.41) is 6.10. The molecule has 0 atom stereocenters. The molecule has 0 heterocycles. The fourth-order valence-electron chi connectivity index (χ4n) is 1.93. The second-order valence-electron chi connectivity index (χ2n) is 4.53. The first kappa shape index (κ1) is 14.9. The third kappa shape index (κ3) is 3.99. The number of carbonyl (C=O) groups is 2. The average Bonchev–Trinajstić information content (AvgIpc) is 2.94. The SMILES string of the molecule is O=C(CNC(=O)C1CC=CC1)Nc1cc(Cl)ccc1Cl. The topological polar surface area (TPSA) is 58.2 Å². The van der Waals surface area contributed by atoms with Crippen molar-refractivity contribution in [2.45, 2.75) is 12.8 Å². The minimum atomic E-state index is -0.339. The van der Waals surface area contributed by atoms with E-state index in [0.29, 0.717) is 15.7 Å². The van der Waals surface area contributed by atoms with Crippen LogP contribution in [-0.4, -0.2) is 18.4 Å². The van der Waals surface area contributed by atoms with Gasteiger partial charge in [0.15, 0.2) is 0 Å². The highest BCUT2D eigenvalue weighted by molar-refractivity contribution is 6.35. The van der Waals surface area contributed by atoms with Gasteiger partial charge in [0.25, 0.3) is 0 Å². The fourth-order valence-corrected chi connectivity index (χ4v) is 2.27. The van der Waals surface area contributed by atoms with Crippen LogP contribution in [0.3, 0.4) is 0 Å². The van der Waals surface area contributed by atoms with Gasteiger partial charge in [0.1, 0.15) is 0 Å². The summed E-state index contributed by atoms with van der Waals surface area (Å²) in [7, 11) is 0. The standard InChI is InChI=1S/C14H14Cl2N2O2/c15-10-5-6-11(16)12(7-10)18-13(19)8-17-14(20)9-3-1-2-4-9/h1-2,5-7,9H,3-4,8H2,(H,17,20)(H,18,19). The lowest BCUT2D eigenvalue weighted by Crippen LogP contribution is -2.36. The van der Waals surface area contributed by atoms with E-state index in [0.717, 1.165) is 12.8 Å². The van der Waals surface area contributed by atoms with Crippen molar-refractivity contribution < 1.29 is 9.59 Å². The predicted molar refractivity (Wildman–Crippen MR) is 80.0 cm³/mol. The third-order valence-corrected chi connectivity index (χ3v) is 3.57. The Balaban J connectivity index is 1.83. The Labute approximate surface area is 127 Å². The maximum absolute atomic E-state index is 11.8. The molecule has 1 aliphatic rings. The summed E-state index contributed by atoms with van der Waals surface area (Å²) in [4.78, 5) is 23.5. The summed E-state index contributed by atoms with van der Waals surface area (Å²) < 4.78 is 0. The van der Waals surface area contributed by atoms with Gasteiger partial charge in [-0.1, -0.05) is 35.4 Å². The largest absolute Gasteiger partial charge is 0.347 e. The first-order valence-corrected chi connectivity index (χ1v) is 6.99. The van der Waals surface area contributed by atoms with E-state index >= 15 is 0 Å². The zero-order chi connectivity index (χ0) is 14.5. The number of benzene rings is 1. The van der Waals surface area contributed by atoms with Crippen LogP contribution in [0.1, 0.15) is 12.8 Å². The van der Waals surface area contributed by atoms with Gasteiger partial charge in [-0.05, 0) is 31.0 Å². The maximum Gasteiger partial charge on any atom is 0.243 e. The van der Waals surface area contributed by atoms with Crippen molar-refractivity contribution in [2.24, 2.45) is 5.92 Å². The van der Waals surface area contributed by atoms with Crippen LogP contribution in [0.4, 0.5) is 5.69 Å². The summed E-state index contributed by atoms with van der Waals surface area (Å²) in [6.07, 6.45) is 5.40. The Bertz CT molecular complexity index is 550. The lowest BCUT2D eigenvalue weighted by molar-refractivity contribution is -0.127. The van der Waals surface area contributed by atoms with Crippen LogP contribution in [0.5, 0.6) is 0 Å². The first-order chi connectivity index (χ1) is 9.56. The summed E-state index contributed by atoms with van der Waals surface area (Å²) in [5.41, 5.74) is 0.431. The highest BCUT2D eigenvalue weighted by Crippen LogP contribution is 2.25. The Morgan fingerprint density at radius 1 is 1.20 bits per heavy atom. The molecule has 2 amide bonds. The molecule has 106 valence electrons. The Kier molecular flexibility index (Phi) is 5.04. The molecule has 2 rings (SSSR count). The van der Waals surface area contributed by atoms with E-state index in [1.54, 1.807) is 18.2 Å². The molecule has 0 fully saturated rings. The lowest BCUT2D eigenvalue weighted by atomic mass is 10.1. The van der Waals surface area contributed by atoms with Gasteiger partial charge in [0.05, 0.1) is 17.3 Å². The van der Waals surface area contributed by atoms with Gasteiger partial charge in [0, 0.05) is 10.9 Å². The van der Waals surface area contributed by atoms with Gasteiger partial charge in [0.2, 0.25) is 11.8 Å². The molecule has 1 aromatic rings. The number of allylic oxidation sites excluding steroid dienone is 2. The number of hydrogen-bond donors (Lipinski definition) is 2. The van der Waals surface area contributed by atoms with Crippen molar-refractivity contribution in [3.63, 3.8) is 0 Å². The number of halogens is 2. The van der Waals surface area contributed by atoms with E-state index in [1.165, 1.54) is 0 Å². The predicted octanol–water partition coefficient (Wildman–Crippen LogP) is 3.01. The summed E-state index contributed by atoms with van der Waals surface area (Å²) in [6, 6.07) is 4.79. The maximum atomic E-state index is 11.8. The van der Waals surface area contributed by atoms with Crippen LogP contribution in [0, 0.1) is 5.92 Å². The van der Waals surface area contributed by atoms with E-state index in [2.05, 4.69) is 10.6 Å². The quantitative estimate of drug-likeness (QED) is 0.840. The van der Waals surface area contributed by atoms with Crippen LogP contribution >= 0.6 is 23.2 Å². The molecule has 0 saturated carbocycles. The number of anilines is 1. The highest BCUT2D eigenvalue weighted by Gasteiger charge is 2.19. The first-order valence-electron chi connectivity index (χ1n) is 6.24. The van der Waals surface area contributed by atoms with Gasteiger partial charge in [-0.15, -0.1) is 0 Å². The van der Waals surface area contributed by atoms with E-state index in [4.69, 9.17) is 23.2 Å².